The zero-order chi connectivity index (χ0) is 11.7. The molecule has 2 rings (SSSR count). The number of H-pyrrole nitrogens is 2. The van der Waals surface area contributed by atoms with Crippen LogP contribution in [0.25, 0.3) is 5.69 Å². The number of aromatic nitrogens is 3. The van der Waals surface area contributed by atoms with Crippen LogP contribution in [0.2, 0.25) is 0 Å². The highest BCUT2D eigenvalue weighted by Crippen LogP contribution is 2.22. The average Bonchev–Trinajstić information content (AvgIpc) is 2.58. The molecule has 84 valence electrons. The summed E-state index contributed by atoms with van der Waals surface area (Å²) < 4.78 is 5.91. The van der Waals surface area contributed by atoms with Gasteiger partial charge in [0.25, 0.3) is 0 Å². The van der Waals surface area contributed by atoms with Crippen LogP contribution in [0.4, 0.5) is 5.69 Å². The van der Waals surface area contributed by atoms with Gasteiger partial charge in [0.1, 0.15) is 5.75 Å². The number of hydrogen-bond acceptors (Lipinski definition) is 4. The van der Waals surface area contributed by atoms with E-state index in [0.29, 0.717) is 17.1 Å². The first kappa shape index (κ1) is 10.1. The summed E-state index contributed by atoms with van der Waals surface area (Å²) in [6, 6.07) is 4.65. The standard InChI is InChI=1S/C9H10N4O3/c1-16-7-3-2-5(4-6(7)10)13-8(14)11-12-9(13)15/h2-4H,10H2,1H3,(H,11,14)(H,12,15). The van der Waals surface area contributed by atoms with Crippen molar-refractivity contribution in [3.05, 3.63) is 39.2 Å². The molecule has 0 bridgehead atoms. The van der Waals surface area contributed by atoms with Crippen molar-refractivity contribution in [2.75, 3.05) is 12.8 Å². The van der Waals surface area contributed by atoms with Crippen LogP contribution in [0.15, 0.2) is 27.8 Å². The summed E-state index contributed by atoms with van der Waals surface area (Å²) in [5, 5.41) is 4.36. The number of nitrogen functional groups attached to an aromatic ring is 1. The van der Waals surface area contributed by atoms with Gasteiger partial charge < -0.3 is 10.5 Å². The molecule has 0 radical (unpaired) electrons. The number of methoxy groups -OCH3 is 1. The van der Waals surface area contributed by atoms with Gasteiger partial charge in [-0.25, -0.2) is 24.4 Å². The molecule has 1 aromatic carbocycles. The van der Waals surface area contributed by atoms with Crippen molar-refractivity contribution in [3.63, 3.8) is 0 Å². The first-order chi connectivity index (χ1) is 7.63. The lowest BCUT2D eigenvalue weighted by molar-refractivity contribution is 0.417. The number of nitrogens with two attached hydrogens (primary N) is 1. The van der Waals surface area contributed by atoms with Gasteiger partial charge in [-0.2, -0.15) is 0 Å². The third-order valence-electron chi connectivity index (χ3n) is 2.15. The van der Waals surface area contributed by atoms with E-state index in [1.54, 1.807) is 12.1 Å². The van der Waals surface area contributed by atoms with Crippen molar-refractivity contribution >= 4 is 5.69 Å². The first-order valence-corrected chi connectivity index (χ1v) is 4.47. The van der Waals surface area contributed by atoms with Crippen molar-refractivity contribution in [2.24, 2.45) is 0 Å². The van der Waals surface area contributed by atoms with Crippen LogP contribution in [-0.2, 0) is 0 Å². The quantitative estimate of drug-likeness (QED) is 0.592. The largest absolute Gasteiger partial charge is 0.495 e. The molecule has 2 aromatic rings. The Morgan fingerprint density at radius 1 is 1.25 bits per heavy atom. The third kappa shape index (κ3) is 1.48. The topological polar surface area (TPSA) is 106 Å². The number of rotatable bonds is 2. The van der Waals surface area contributed by atoms with Crippen LogP contribution in [0, 0.1) is 0 Å². The van der Waals surface area contributed by atoms with Gasteiger partial charge in [0.2, 0.25) is 0 Å². The van der Waals surface area contributed by atoms with Gasteiger partial charge in [0.05, 0.1) is 18.5 Å². The Bertz CT molecular complexity index is 595. The summed E-state index contributed by atoms with van der Waals surface area (Å²) in [6.45, 7) is 0. The van der Waals surface area contributed by atoms with E-state index in [1.165, 1.54) is 13.2 Å². The Kier molecular flexibility index (Phi) is 2.28. The molecule has 0 aliphatic rings. The zero-order valence-corrected chi connectivity index (χ0v) is 8.48. The lowest BCUT2D eigenvalue weighted by atomic mass is 10.2. The van der Waals surface area contributed by atoms with Crippen molar-refractivity contribution in [1.82, 2.24) is 14.8 Å². The monoisotopic (exact) mass is 222 g/mol. The predicted octanol–water partition coefficient (Wildman–Crippen LogP) is -0.555. The number of anilines is 1. The van der Waals surface area contributed by atoms with Gasteiger partial charge >= 0.3 is 11.4 Å². The maximum absolute atomic E-state index is 11.3. The van der Waals surface area contributed by atoms with Crippen LogP contribution in [0.1, 0.15) is 0 Å². The van der Waals surface area contributed by atoms with Gasteiger partial charge in [-0.1, -0.05) is 0 Å². The molecule has 0 saturated carbocycles. The van der Waals surface area contributed by atoms with Crippen LogP contribution in [-0.4, -0.2) is 21.9 Å². The van der Waals surface area contributed by atoms with E-state index in [0.717, 1.165) is 4.57 Å². The van der Waals surface area contributed by atoms with Crippen molar-refractivity contribution in [3.8, 4) is 11.4 Å². The minimum absolute atomic E-state index is 0.354. The van der Waals surface area contributed by atoms with Gasteiger partial charge in [0.15, 0.2) is 0 Å². The van der Waals surface area contributed by atoms with E-state index < -0.39 is 11.4 Å². The summed E-state index contributed by atoms with van der Waals surface area (Å²) in [5.74, 6) is 0.490. The molecule has 7 nitrogen and oxygen atoms in total. The highest BCUT2D eigenvalue weighted by atomic mass is 16.5. The Morgan fingerprint density at radius 3 is 2.38 bits per heavy atom. The molecule has 0 aliphatic heterocycles. The Labute approximate surface area is 89.5 Å². The second-order valence-corrected chi connectivity index (χ2v) is 3.12. The summed E-state index contributed by atoms with van der Waals surface area (Å²) in [5.41, 5.74) is 5.32. The fourth-order valence-electron chi connectivity index (χ4n) is 1.41. The number of ether oxygens (including phenoxy) is 1. The summed E-state index contributed by atoms with van der Waals surface area (Å²) >= 11 is 0. The molecule has 1 aromatic heterocycles. The summed E-state index contributed by atoms with van der Waals surface area (Å²) in [4.78, 5) is 22.6. The molecule has 4 N–H and O–H groups in total. The minimum Gasteiger partial charge on any atom is -0.495 e. The molecule has 0 saturated heterocycles. The zero-order valence-electron chi connectivity index (χ0n) is 8.48. The number of hydrogen-bond donors (Lipinski definition) is 3. The van der Waals surface area contributed by atoms with E-state index >= 15 is 0 Å². The van der Waals surface area contributed by atoms with Crippen molar-refractivity contribution in [1.29, 1.82) is 0 Å². The number of benzene rings is 1. The Morgan fingerprint density at radius 2 is 1.88 bits per heavy atom. The maximum Gasteiger partial charge on any atom is 0.348 e. The number of aromatic amines is 2. The van der Waals surface area contributed by atoms with Gasteiger partial charge in [-0.05, 0) is 18.2 Å². The highest BCUT2D eigenvalue weighted by molar-refractivity contribution is 5.58. The van der Waals surface area contributed by atoms with Crippen LogP contribution in [0.3, 0.4) is 0 Å². The molecule has 0 amide bonds. The SMILES string of the molecule is COc1ccc(-n2c(=O)[nH][nH]c2=O)cc1N. The van der Waals surface area contributed by atoms with E-state index in [1.807, 2.05) is 0 Å². The van der Waals surface area contributed by atoms with E-state index in [9.17, 15) is 9.59 Å². The number of nitrogens with one attached hydrogen (secondary N) is 2. The van der Waals surface area contributed by atoms with Crippen LogP contribution >= 0.6 is 0 Å². The molecule has 7 heteroatoms. The summed E-state index contributed by atoms with van der Waals surface area (Å²) in [6.07, 6.45) is 0. The van der Waals surface area contributed by atoms with Crippen LogP contribution in [0.5, 0.6) is 5.75 Å². The molecule has 0 spiro atoms. The van der Waals surface area contributed by atoms with Crippen molar-refractivity contribution < 1.29 is 4.74 Å². The first-order valence-electron chi connectivity index (χ1n) is 4.47. The van der Waals surface area contributed by atoms with E-state index in [-0.39, 0.29) is 0 Å². The average molecular weight is 222 g/mol. The third-order valence-corrected chi connectivity index (χ3v) is 2.15. The lowest BCUT2D eigenvalue weighted by Crippen LogP contribution is -2.24. The lowest BCUT2D eigenvalue weighted by Gasteiger charge is -2.05. The second kappa shape index (κ2) is 3.61. The minimum atomic E-state index is -0.547. The molecule has 16 heavy (non-hydrogen) atoms. The van der Waals surface area contributed by atoms with E-state index in [4.69, 9.17) is 10.5 Å². The van der Waals surface area contributed by atoms with Gasteiger partial charge in [-0.3, -0.25) is 0 Å². The molecular formula is C9H10N4O3. The molecular weight excluding hydrogens is 212 g/mol. The summed E-state index contributed by atoms with van der Waals surface area (Å²) in [7, 11) is 1.49. The molecule has 1 heterocycles. The normalized spacial score (nSPS) is 10.3. The second-order valence-electron chi connectivity index (χ2n) is 3.12. The Hall–Kier alpha value is -2.44. The molecule has 0 atom stereocenters. The van der Waals surface area contributed by atoms with E-state index in [2.05, 4.69) is 10.2 Å². The van der Waals surface area contributed by atoms with Crippen LogP contribution < -0.4 is 21.9 Å². The van der Waals surface area contributed by atoms with Gasteiger partial charge in [-0.15, -0.1) is 0 Å². The van der Waals surface area contributed by atoms with Crippen molar-refractivity contribution in [2.45, 2.75) is 0 Å². The number of nitrogens with zero attached hydrogens (tertiary/aromatic N) is 1. The highest BCUT2D eigenvalue weighted by Gasteiger charge is 2.07. The fraction of sp³-hybridized carbons (Fsp3) is 0.111. The Balaban J connectivity index is 2.62. The fourth-order valence-corrected chi connectivity index (χ4v) is 1.41. The predicted molar refractivity (Wildman–Crippen MR) is 58.0 cm³/mol. The molecule has 0 fully saturated rings. The van der Waals surface area contributed by atoms with Gasteiger partial charge in [0, 0.05) is 0 Å². The molecule has 0 unspecified atom stereocenters. The smallest absolute Gasteiger partial charge is 0.348 e. The maximum atomic E-state index is 11.3. The molecule has 0 aliphatic carbocycles.